The van der Waals surface area contributed by atoms with E-state index in [4.69, 9.17) is 16.3 Å². The Morgan fingerprint density at radius 2 is 1.91 bits per heavy atom. The van der Waals surface area contributed by atoms with Crippen molar-refractivity contribution in [3.63, 3.8) is 0 Å². The van der Waals surface area contributed by atoms with Gasteiger partial charge in [-0.25, -0.2) is 9.07 Å². The molecule has 6 nitrogen and oxygen atoms in total. The lowest BCUT2D eigenvalue weighted by Crippen LogP contribution is -2.46. The molecule has 0 fully saturated rings. The van der Waals surface area contributed by atoms with Gasteiger partial charge in [-0.1, -0.05) is 23.7 Å². The van der Waals surface area contributed by atoms with Gasteiger partial charge in [0.15, 0.2) is 0 Å². The number of ether oxygens (including phenoxy) is 1. The second-order valence-corrected chi connectivity index (χ2v) is 9.59. The van der Waals surface area contributed by atoms with Crippen molar-refractivity contribution in [1.29, 1.82) is 0 Å². The fourth-order valence-corrected chi connectivity index (χ4v) is 3.91. The molecular weight excluding hydrogens is 469 g/mol. The highest BCUT2D eigenvalue weighted by Crippen LogP contribution is 2.30. The molecule has 0 radical (unpaired) electrons. The van der Waals surface area contributed by atoms with E-state index in [9.17, 15) is 14.3 Å². The fraction of sp³-hybridized carbons (Fsp3) is 0.259. The predicted octanol–water partition coefficient (Wildman–Crippen LogP) is 5.46. The van der Waals surface area contributed by atoms with Crippen molar-refractivity contribution in [3.05, 3.63) is 89.3 Å². The summed E-state index contributed by atoms with van der Waals surface area (Å²) >= 11 is 6.24. The zero-order chi connectivity index (χ0) is 25.2. The third-order valence-corrected chi connectivity index (χ3v) is 6.11. The number of nitrogens with one attached hydrogen (secondary N) is 1. The second-order valence-electron chi connectivity index (χ2n) is 9.15. The number of benzene rings is 3. The number of aliphatic hydroxyl groups is 1. The topological polar surface area (TPSA) is 76.4 Å². The van der Waals surface area contributed by atoms with Crippen molar-refractivity contribution in [2.75, 3.05) is 6.61 Å². The highest BCUT2D eigenvalue weighted by atomic mass is 35.5. The first-order valence-corrected chi connectivity index (χ1v) is 11.6. The molecule has 0 saturated heterocycles. The van der Waals surface area contributed by atoms with Gasteiger partial charge in [0.25, 0.3) is 0 Å². The highest BCUT2D eigenvalue weighted by Gasteiger charge is 2.31. The summed E-state index contributed by atoms with van der Waals surface area (Å²) in [6.45, 7) is 4.93. The van der Waals surface area contributed by atoms with E-state index in [1.165, 1.54) is 12.1 Å². The molecule has 1 heterocycles. The average Bonchev–Trinajstić information content (AvgIpc) is 3.26. The van der Waals surface area contributed by atoms with E-state index in [0.29, 0.717) is 10.8 Å². The van der Waals surface area contributed by atoms with Crippen LogP contribution >= 0.6 is 11.6 Å². The number of rotatable bonds is 8. The van der Waals surface area contributed by atoms with Gasteiger partial charge in [0.2, 0.25) is 5.91 Å². The van der Waals surface area contributed by atoms with Gasteiger partial charge in [0.1, 0.15) is 17.7 Å². The van der Waals surface area contributed by atoms with Gasteiger partial charge in [-0.15, -0.1) is 0 Å². The number of carbonyl (C=O) groups excluding carboxylic acids is 1. The summed E-state index contributed by atoms with van der Waals surface area (Å²) in [5.74, 6) is -0.000606. The number of carbonyl (C=O) groups is 1. The molecule has 1 aromatic heterocycles. The molecule has 1 amide bonds. The highest BCUT2D eigenvalue weighted by molar-refractivity contribution is 6.30. The first-order valence-electron chi connectivity index (χ1n) is 11.3. The molecule has 0 aliphatic heterocycles. The van der Waals surface area contributed by atoms with Gasteiger partial charge in [-0.2, -0.15) is 5.10 Å². The van der Waals surface area contributed by atoms with Crippen LogP contribution in [0.15, 0.2) is 72.9 Å². The Labute approximate surface area is 208 Å². The minimum absolute atomic E-state index is 0.275. The van der Waals surface area contributed by atoms with Crippen LogP contribution in [0.1, 0.15) is 32.4 Å². The van der Waals surface area contributed by atoms with Crippen molar-refractivity contribution in [2.45, 2.75) is 32.9 Å². The molecule has 4 rings (SSSR count). The molecule has 4 aromatic rings. The Bertz CT molecular complexity index is 1340. The van der Waals surface area contributed by atoms with Crippen molar-refractivity contribution < 1.29 is 19.0 Å². The smallest absolute Gasteiger partial charge is 0.228 e. The molecular formula is C27H27ClFN3O3. The monoisotopic (exact) mass is 495 g/mol. The molecule has 1 unspecified atom stereocenters. The van der Waals surface area contributed by atoms with Crippen LogP contribution in [-0.2, 0) is 4.79 Å². The first-order chi connectivity index (χ1) is 16.7. The van der Waals surface area contributed by atoms with Gasteiger partial charge in [-0.05, 0) is 80.9 Å². The van der Waals surface area contributed by atoms with Crippen LogP contribution in [0.4, 0.5) is 4.39 Å². The van der Waals surface area contributed by atoms with Crippen LogP contribution in [0.2, 0.25) is 5.02 Å². The van der Waals surface area contributed by atoms with Crippen LogP contribution in [0.3, 0.4) is 0 Å². The maximum absolute atomic E-state index is 13.3. The molecule has 0 aliphatic carbocycles. The van der Waals surface area contributed by atoms with Crippen LogP contribution < -0.4 is 10.1 Å². The molecule has 0 spiro atoms. The van der Waals surface area contributed by atoms with Crippen LogP contribution in [0, 0.1) is 11.2 Å². The number of hydrogen-bond acceptors (Lipinski definition) is 4. The lowest BCUT2D eigenvalue weighted by Gasteiger charge is -2.30. The minimum Gasteiger partial charge on any atom is -0.484 e. The maximum Gasteiger partial charge on any atom is 0.228 e. The van der Waals surface area contributed by atoms with Gasteiger partial charge in [0, 0.05) is 10.4 Å². The third kappa shape index (κ3) is 5.47. The number of halogens is 2. The van der Waals surface area contributed by atoms with Gasteiger partial charge < -0.3 is 15.2 Å². The largest absolute Gasteiger partial charge is 0.484 e. The molecule has 182 valence electrons. The fourth-order valence-electron chi connectivity index (χ4n) is 3.71. The Balaban J connectivity index is 1.64. The maximum atomic E-state index is 13.3. The summed E-state index contributed by atoms with van der Waals surface area (Å²) in [6.07, 6.45) is 1.17. The Morgan fingerprint density at radius 3 is 2.60 bits per heavy atom. The van der Waals surface area contributed by atoms with Crippen molar-refractivity contribution in [2.24, 2.45) is 5.41 Å². The van der Waals surface area contributed by atoms with Crippen LogP contribution in [0.5, 0.6) is 5.75 Å². The number of hydrogen-bond donors (Lipinski definition) is 2. The quantitative estimate of drug-likeness (QED) is 0.340. The third-order valence-electron chi connectivity index (χ3n) is 5.87. The normalized spacial score (nSPS) is 13.4. The summed E-state index contributed by atoms with van der Waals surface area (Å²) in [5.41, 5.74) is 1.46. The number of fused-ring (bicyclic) bond motifs is 1. The minimum atomic E-state index is -0.930. The molecule has 0 saturated carbocycles. The number of nitrogens with zero attached hydrogens (tertiary/aromatic N) is 2. The van der Waals surface area contributed by atoms with E-state index >= 15 is 0 Å². The Hall–Kier alpha value is -3.42. The van der Waals surface area contributed by atoms with E-state index < -0.39 is 17.6 Å². The van der Waals surface area contributed by atoms with Gasteiger partial charge in [0.05, 0.1) is 35.5 Å². The SMILES string of the molecule is C[C@H](NC(=O)C(C)(C)CO)C(Oc1ccc2c(cnn2-c2ccc(F)cc2)c1)c1cccc(Cl)c1. The average molecular weight is 496 g/mol. The molecule has 8 heteroatoms. The summed E-state index contributed by atoms with van der Waals surface area (Å²) in [6, 6.07) is 18.6. The first kappa shape index (κ1) is 24.7. The zero-order valence-electron chi connectivity index (χ0n) is 19.7. The number of amides is 1. The van der Waals surface area contributed by atoms with Crippen LogP contribution in [0.25, 0.3) is 16.6 Å². The van der Waals surface area contributed by atoms with E-state index in [0.717, 1.165) is 22.2 Å². The van der Waals surface area contributed by atoms with Crippen molar-refractivity contribution in [1.82, 2.24) is 15.1 Å². The predicted molar refractivity (Wildman–Crippen MR) is 134 cm³/mol. The van der Waals surface area contributed by atoms with E-state index in [1.54, 1.807) is 49.0 Å². The molecule has 0 aliphatic rings. The van der Waals surface area contributed by atoms with E-state index in [-0.39, 0.29) is 18.3 Å². The lowest BCUT2D eigenvalue weighted by atomic mass is 9.92. The summed E-state index contributed by atoms with van der Waals surface area (Å²) < 4.78 is 21.4. The molecule has 3 aromatic carbocycles. The molecule has 2 atom stereocenters. The Kier molecular flexibility index (Phi) is 7.10. The second kappa shape index (κ2) is 10.1. The van der Waals surface area contributed by atoms with Crippen LogP contribution in [-0.4, -0.2) is 33.4 Å². The van der Waals surface area contributed by atoms with Crippen molar-refractivity contribution >= 4 is 28.4 Å². The number of aliphatic hydroxyl groups excluding tert-OH is 1. The molecule has 2 N–H and O–H groups in total. The summed E-state index contributed by atoms with van der Waals surface area (Å²) in [5, 5.41) is 18.4. The van der Waals surface area contributed by atoms with E-state index in [2.05, 4.69) is 10.4 Å². The lowest BCUT2D eigenvalue weighted by molar-refractivity contribution is -0.132. The van der Waals surface area contributed by atoms with Gasteiger partial charge in [-0.3, -0.25) is 4.79 Å². The Morgan fingerprint density at radius 1 is 1.17 bits per heavy atom. The molecule has 35 heavy (non-hydrogen) atoms. The zero-order valence-corrected chi connectivity index (χ0v) is 20.5. The standard InChI is InChI=1S/C27H27ClFN3O3/c1-17(31-26(34)27(2,3)16-33)25(18-5-4-6-20(28)13-18)35-23-11-12-24-19(14-23)15-30-32(24)22-9-7-21(29)8-10-22/h4-15,17,25,33H,16H2,1-3H3,(H,31,34)/t17-,25?/m0/s1. The molecule has 0 bridgehead atoms. The van der Waals surface area contributed by atoms with Gasteiger partial charge >= 0.3 is 0 Å². The summed E-state index contributed by atoms with van der Waals surface area (Å²) in [4.78, 5) is 12.7. The van der Waals surface area contributed by atoms with E-state index in [1.807, 2.05) is 37.3 Å². The van der Waals surface area contributed by atoms with Crippen molar-refractivity contribution in [3.8, 4) is 11.4 Å². The number of aromatic nitrogens is 2. The summed E-state index contributed by atoms with van der Waals surface area (Å²) in [7, 11) is 0.